The highest BCUT2D eigenvalue weighted by Gasteiger charge is 2.28. The van der Waals surface area contributed by atoms with Crippen LogP contribution in [0.5, 0.6) is 0 Å². The van der Waals surface area contributed by atoms with E-state index in [1.807, 2.05) is 0 Å². The fourth-order valence-corrected chi connectivity index (χ4v) is 4.17. The minimum absolute atomic E-state index is 0.129. The van der Waals surface area contributed by atoms with Crippen LogP contribution in [0.1, 0.15) is 103 Å². The van der Waals surface area contributed by atoms with Gasteiger partial charge < -0.3 is 0 Å². The third kappa shape index (κ3) is 5.82. The van der Waals surface area contributed by atoms with E-state index in [-0.39, 0.29) is 16.2 Å². The third-order valence-electron chi connectivity index (χ3n) is 6.86. The van der Waals surface area contributed by atoms with E-state index in [2.05, 4.69) is 154 Å². The van der Waals surface area contributed by atoms with Crippen LogP contribution in [0.3, 0.4) is 0 Å². The maximum atomic E-state index is 3.67. The number of hydrogen-bond acceptors (Lipinski definition) is 0. The van der Waals surface area contributed by atoms with Crippen LogP contribution < -0.4 is 0 Å². The van der Waals surface area contributed by atoms with Crippen molar-refractivity contribution in [3.8, 4) is 11.8 Å². The smallest absolute Gasteiger partial charge is 0.0787 e. The average Bonchev–Trinajstić information content (AvgIpc) is 2.76. The molecule has 0 bridgehead atoms. The standard InChI is InChI=1S/C34H42/c1-31(2,3)26-13-11-25(12-14-26)23-24-34(10,29-19-15-27(16-20-29)32(4,5)6)30-21-17-28(18-22-30)33(7,8)9/h11-22H,1-10H3. The lowest BCUT2D eigenvalue weighted by Gasteiger charge is -2.28. The molecule has 0 aliphatic rings. The Hall–Kier alpha value is -2.78. The summed E-state index contributed by atoms with van der Waals surface area (Å²) in [6, 6.07) is 26.8. The molecular weight excluding hydrogens is 408 g/mol. The summed E-state index contributed by atoms with van der Waals surface area (Å²) in [6.07, 6.45) is 0. The molecule has 0 unspecified atom stereocenters. The third-order valence-corrected chi connectivity index (χ3v) is 6.86. The summed E-state index contributed by atoms with van der Waals surface area (Å²) in [6.45, 7) is 22.5. The number of hydrogen-bond donors (Lipinski definition) is 0. The first kappa shape index (κ1) is 25.8. The monoisotopic (exact) mass is 450 g/mol. The summed E-state index contributed by atoms with van der Waals surface area (Å²) in [5.74, 6) is 7.17. The van der Waals surface area contributed by atoms with Crippen molar-refractivity contribution >= 4 is 0 Å². The van der Waals surface area contributed by atoms with E-state index in [4.69, 9.17) is 0 Å². The van der Waals surface area contributed by atoms with Gasteiger partial charge >= 0.3 is 0 Å². The maximum Gasteiger partial charge on any atom is 0.0787 e. The minimum Gasteiger partial charge on any atom is -0.0817 e. The van der Waals surface area contributed by atoms with E-state index in [9.17, 15) is 0 Å². The van der Waals surface area contributed by atoms with Gasteiger partial charge in [0.25, 0.3) is 0 Å². The lowest BCUT2D eigenvalue weighted by atomic mass is 9.74. The molecular formula is C34H42. The Morgan fingerprint density at radius 3 is 0.941 bits per heavy atom. The molecule has 0 aliphatic heterocycles. The molecule has 0 atom stereocenters. The molecule has 178 valence electrons. The van der Waals surface area contributed by atoms with E-state index < -0.39 is 5.41 Å². The molecule has 3 aromatic rings. The molecule has 0 heterocycles. The second-order valence-corrected chi connectivity index (χ2v) is 12.9. The molecule has 0 fully saturated rings. The minimum atomic E-state index is -0.407. The van der Waals surface area contributed by atoms with E-state index >= 15 is 0 Å². The van der Waals surface area contributed by atoms with Crippen molar-refractivity contribution in [3.63, 3.8) is 0 Å². The Morgan fingerprint density at radius 1 is 0.382 bits per heavy atom. The van der Waals surface area contributed by atoms with Crippen LogP contribution in [0, 0.1) is 11.8 Å². The van der Waals surface area contributed by atoms with Gasteiger partial charge in [-0.1, -0.05) is 135 Å². The highest BCUT2D eigenvalue weighted by atomic mass is 14.3. The van der Waals surface area contributed by atoms with E-state index in [0.717, 1.165) is 5.56 Å². The van der Waals surface area contributed by atoms with Crippen LogP contribution in [0.4, 0.5) is 0 Å². The van der Waals surface area contributed by atoms with Gasteiger partial charge in [0, 0.05) is 5.56 Å². The van der Waals surface area contributed by atoms with Gasteiger partial charge in [0.05, 0.1) is 5.41 Å². The largest absolute Gasteiger partial charge is 0.0817 e. The van der Waals surface area contributed by atoms with E-state index in [0.29, 0.717) is 0 Å². The molecule has 0 saturated heterocycles. The highest BCUT2D eigenvalue weighted by Crippen LogP contribution is 2.35. The van der Waals surface area contributed by atoms with Gasteiger partial charge in [0.2, 0.25) is 0 Å². The van der Waals surface area contributed by atoms with Crippen LogP contribution in [-0.2, 0) is 21.7 Å². The van der Waals surface area contributed by atoms with Crippen molar-refractivity contribution in [1.82, 2.24) is 0 Å². The summed E-state index contributed by atoms with van der Waals surface area (Å²) in [4.78, 5) is 0. The van der Waals surface area contributed by atoms with Gasteiger partial charge in [-0.05, 0) is 63.1 Å². The van der Waals surface area contributed by atoms with Crippen LogP contribution in [0.25, 0.3) is 0 Å². The zero-order valence-corrected chi connectivity index (χ0v) is 22.9. The maximum absolute atomic E-state index is 3.67. The van der Waals surface area contributed by atoms with Gasteiger partial charge in [-0.3, -0.25) is 0 Å². The van der Waals surface area contributed by atoms with E-state index in [1.165, 1.54) is 27.8 Å². The normalized spacial score (nSPS) is 12.8. The Balaban J connectivity index is 2.09. The Bertz CT molecular complexity index is 1100. The molecule has 0 aromatic heterocycles. The molecule has 0 nitrogen and oxygen atoms in total. The van der Waals surface area contributed by atoms with Crippen molar-refractivity contribution in [2.75, 3.05) is 0 Å². The van der Waals surface area contributed by atoms with Crippen LogP contribution in [-0.4, -0.2) is 0 Å². The zero-order chi connectivity index (χ0) is 25.4. The number of rotatable bonds is 2. The quantitative estimate of drug-likeness (QED) is 0.342. The van der Waals surface area contributed by atoms with Crippen LogP contribution in [0.15, 0.2) is 72.8 Å². The predicted molar refractivity (Wildman–Crippen MR) is 149 cm³/mol. The summed E-state index contributed by atoms with van der Waals surface area (Å²) in [7, 11) is 0. The molecule has 0 amide bonds. The Morgan fingerprint density at radius 2 is 0.647 bits per heavy atom. The van der Waals surface area contributed by atoms with Crippen molar-refractivity contribution < 1.29 is 0 Å². The number of benzene rings is 3. The molecule has 0 aliphatic carbocycles. The fourth-order valence-electron chi connectivity index (χ4n) is 4.17. The average molecular weight is 451 g/mol. The molecule has 3 rings (SSSR count). The summed E-state index contributed by atoms with van der Waals surface area (Å²) in [5.41, 5.74) is 7.51. The van der Waals surface area contributed by atoms with Crippen molar-refractivity contribution in [2.45, 2.75) is 90.9 Å². The zero-order valence-electron chi connectivity index (χ0n) is 22.9. The van der Waals surface area contributed by atoms with Crippen molar-refractivity contribution in [2.24, 2.45) is 0 Å². The molecule has 0 saturated carbocycles. The Kier molecular flexibility index (Phi) is 6.92. The van der Waals surface area contributed by atoms with Crippen LogP contribution >= 0.6 is 0 Å². The summed E-state index contributed by atoms with van der Waals surface area (Å²) in [5, 5.41) is 0. The SMILES string of the molecule is CC(C)(C)c1ccc(C#CC(C)(c2ccc(C(C)(C)C)cc2)c2ccc(C(C)(C)C)cc2)cc1. The topological polar surface area (TPSA) is 0 Å². The predicted octanol–water partition coefficient (Wildman–Crippen LogP) is 8.94. The van der Waals surface area contributed by atoms with Gasteiger partial charge in [-0.2, -0.15) is 0 Å². The highest BCUT2D eigenvalue weighted by molar-refractivity contribution is 5.51. The summed E-state index contributed by atoms with van der Waals surface area (Å²) < 4.78 is 0. The molecule has 0 spiro atoms. The van der Waals surface area contributed by atoms with Crippen molar-refractivity contribution in [1.29, 1.82) is 0 Å². The van der Waals surface area contributed by atoms with E-state index in [1.54, 1.807) is 0 Å². The van der Waals surface area contributed by atoms with Gasteiger partial charge in [0.1, 0.15) is 0 Å². The lowest BCUT2D eigenvalue weighted by Crippen LogP contribution is -2.23. The molecule has 34 heavy (non-hydrogen) atoms. The molecule has 0 heteroatoms. The molecule has 3 aromatic carbocycles. The van der Waals surface area contributed by atoms with Gasteiger partial charge in [0.15, 0.2) is 0 Å². The van der Waals surface area contributed by atoms with Crippen LogP contribution in [0.2, 0.25) is 0 Å². The molecule has 0 N–H and O–H groups in total. The second-order valence-electron chi connectivity index (χ2n) is 12.9. The van der Waals surface area contributed by atoms with Gasteiger partial charge in [-0.25, -0.2) is 0 Å². The van der Waals surface area contributed by atoms with Gasteiger partial charge in [-0.15, -0.1) is 0 Å². The fraction of sp³-hybridized carbons (Fsp3) is 0.412. The van der Waals surface area contributed by atoms with Crippen molar-refractivity contribution in [3.05, 3.63) is 106 Å². The first-order valence-electron chi connectivity index (χ1n) is 12.5. The second kappa shape index (κ2) is 9.11. The Labute approximate surface area is 208 Å². The first-order chi connectivity index (χ1) is 15.6. The lowest BCUT2D eigenvalue weighted by molar-refractivity contribution is 0.588. The molecule has 0 radical (unpaired) electrons. The first-order valence-corrected chi connectivity index (χ1v) is 12.5. The summed E-state index contributed by atoms with van der Waals surface area (Å²) >= 11 is 0.